The van der Waals surface area contributed by atoms with Crippen molar-refractivity contribution in [2.75, 3.05) is 38.0 Å². The van der Waals surface area contributed by atoms with Gasteiger partial charge in [-0.2, -0.15) is 0 Å². The Morgan fingerprint density at radius 1 is 1.00 bits per heavy atom. The van der Waals surface area contributed by atoms with Gasteiger partial charge in [0.25, 0.3) is 5.91 Å². The molecule has 0 bridgehead atoms. The molecule has 2 aliphatic rings. The lowest BCUT2D eigenvalue weighted by molar-refractivity contribution is 0.0665. The lowest BCUT2D eigenvalue weighted by Crippen LogP contribution is -2.53. The first-order valence-corrected chi connectivity index (χ1v) is 14.9. The number of benzene rings is 1. The Kier molecular flexibility index (Phi) is 8.05. The number of carbonyl (C=O) groups excluding carboxylic acids is 3. The highest BCUT2D eigenvalue weighted by molar-refractivity contribution is 7.22. The number of carbonyl (C=O) groups is 3. The van der Waals surface area contributed by atoms with E-state index in [-0.39, 0.29) is 29.8 Å². The van der Waals surface area contributed by atoms with Crippen molar-refractivity contribution < 1.29 is 23.5 Å². The van der Waals surface area contributed by atoms with E-state index in [9.17, 15) is 18.8 Å². The molecule has 0 spiro atoms. The summed E-state index contributed by atoms with van der Waals surface area (Å²) >= 11 is 1.40. The minimum atomic E-state index is -0.612. The van der Waals surface area contributed by atoms with Crippen LogP contribution in [0.1, 0.15) is 30.1 Å². The average Bonchev–Trinajstić information content (AvgIpc) is 3.71. The highest BCUT2D eigenvalue weighted by atomic mass is 32.1. The van der Waals surface area contributed by atoms with E-state index in [0.717, 1.165) is 22.4 Å². The molecule has 4 aromatic rings. The molecule has 4 heterocycles. The van der Waals surface area contributed by atoms with Gasteiger partial charge in [-0.3, -0.25) is 14.8 Å². The smallest absolute Gasteiger partial charge is 0.319 e. The van der Waals surface area contributed by atoms with Crippen LogP contribution in [-0.4, -0.2) is 76.5 Å². The van der Waals surface area contributed by atoms with Crippen LogP contribution in [0.2, 0.25) is 0 Å². The third-order valence-electron chi connectivity index (χ3n) is 7.14. The topological polar surface area (TPSA) is 129 Å². The highest BCUT2D eigenvalue weighted by Gasteiger charge is 2.25. The quantitative estimate of drug-likeness (QED) is 0.271. The number of piperazine rings is 1. The van der Waals surface area contributed by atoms with Gasteiger partial charge >= 0.3 is 12.1 Å². The van der Waals surface area contributed by atoms with Crippen LogP contribution in [-0.2, 0) is 0 Å². The van der Waals surface area contributed by atoms with Crippen LogP contribution in [0.5, 0.6) is 11.5 Å². The van der Waals surface area contributed by atoms with Crippen LogP contribution >= 0.6 is 11.3 Å². The minimum absolute atomic E-state index is 0.0171. The Hall–Kier alpha value is -4.78. The first kappa shape index (κ1) is 28.3. The number of pyridine rings is 2. The van der Waals surface area contributed by atoms with Crippen LogP contribution in [0.25, 0.3) is 20.8 Å². The summed E-state index contributed by atoms with van der Waals surface area (Å²) in [5.41, 5.74) is 2.13. The van der Waals surface area contributed by atoms with Crippen molar-refractivity contribution in [1.82, 2.24) is 30.4 Å². The molecule has 0 unspecified atom stereocenters. The number of halogens is 1. The van der Waals surface area contributed by atoms with Crippen molar-refractivity contribution in [1.29, 1.82) is 0 Å². The molecule has 1 aliphatic heterocycles. The molecule has 1 aliphatic carbocycles. The van der Waals surface area contributed by atoms with Gasteiger partial charge in [-0.15, -0.1) is 11.3 Å². The number of hydrogen-bond donors (Lipinski definition) is 3. The fourth-order valence-electron chi connectivity index (χ4n) is 4.71. The maximum Gasteiger partial charge on any atom is 0.319 e. The monoisotopic (exact) mass is 603 g/mol. The number of fused-ring (bicyclic) bond motifs is 1. The van der Waals surface area contributed by atoms with Crippen LogP contribution in [0, 0.1) is 5.82 Å². The van der Waals surface area contributed by atoms with Crippen LogP contribution in [0.3, 0.4) is 0 Å². The lowest BCUT2D eigenvalue weighted by atomic mass is 10.2. The Balaban J connectivity index is 1.12. The number of urea groups is 2. The average molecular weight is 604 g/mol. The summed E-state index contributed by atoms with van der Waals surface area (Å²) in [6.45, 7) is 4.30. The summed E-state index contributed by atoms with van der Waals surface area (Å²) in [7, 11) is 0. The fourth-order valence-corrected chi connectivity index (χ4v) is 5.75. The summed E-state index contributed by atoms with van der Waals surface area (Å²) in [4.78, 5) is 50.3. The Morgan fingerprint density at radius 3 is 2.49 bits per heavy atom. The number of nitrogens with zero attached hydrogens (tertiary/aromatic N) is 4. The van der Waals surface area contributed by atoms with Gasteiger partial charge in [-0.05, 0) is 50.1 Å². The zero-order valence-electron chi connectivity index (χ0n) is 23.4. The molecule has 1 saturated heterocycles. The number of ether oxygens (including phenoxy) is 1. The molecule has 1 saturated carbocycles. The Morgan fingerprint density at radius 2 is 1.79 bits per heavy atom. The van der Waals surface area contributed by atoms with Gasteiger partial charge < -0.3 is 30.5 Å². The largest absolute Gasteiger partial charge is 0.453 e. The lowest BCUT2D eigenvalue weighted by Gasteiger charge is -2.34. The summed E-state index contributed by atoms with van der Waals surface area (Å²) in [6.07, 6.45) is 5.06. The van der Waals surface area contributed by atoms with Crippen molar-refractivity contribution in [3.05, 3.63) is 66.2 Å². The van der Waals surface area contributed by atoms with Gasteiger partial charge in [0, 0.05) is 69.0 Å². The number of nitrogens with one attached hydrogen (secondary N) is 3. The summed E-state index contributed by atoms with van der Waals surface area (Å²) in [5.74, 6) is -0.289. The number of amides is 5. The Bertz CT molecular complexity index is 1670. The first-order valence-electron chi connectivity index (χ1n) is 14.1. The van der Waals surface area contributed by atoms with Gasteiger partial charge in [-0.25, -0.2) is 14.0 Å². The summed E-state index contributed by atoms with van der Waals surface area (Å²) < 4.78 is 21.5. The number of aromatic nitrogens is 2. The van der Waals surface area contributed by atoms with E-state index < -0.39 is 5.82 Å². The van der Waals surface area contributed by atoms with E-state index in [2.05, 4.69) is 25.9 Å². The predicted octanol–water partition coefficient (Wildman–Crippen LogP) is 5.06. The molecule has 3 aromatic heterocycles. The third kappa shape index (κ3) is 6.51. The third-order valence-corrected chi connectivity index (χ3v) is 8.30. The van der Waals surface area contributed by atoms with Gasteiger partial charge in [0.2, 0.25) is 0 Å². The molecule has 11 nitrogen and oxygen atoms in total. The van der Waals surface area contributed by atoms with Gasteiger partial charge in [0.1, 0.15) is 5.75 Å². The predicted molar refractivity (Wildman–Crippen MR) is 161 cm³/mol. The van der Waals surface area contributed by atoms with Crippen molar-refractivity contribution in [2.24, 2.45) is 0 Å². The number of thiophene rings is 1. The van der Waals surface area contributed by atoms with E-state index >= 15 is 0 Å². The fraction of sp³-hybridized carbons (Fsp3) is 0.300. The molecule has 13 heteroatoms. The molecular formula is C30H30FN7O4S. The zero-order valence-corrected chi connectivity index (χ0v) is 24.2. The first-order chi connectivity index (χ1) is 20.9. The molecule has 5 amide bonds. The molecular weight excluding hydrogens is 573 g/mol. The summed E-state index contributed by atoms with van der Waals surface area (Å²) in [5, 5.41) is 8.22. The molecule has 222 valence electrons. The second kappa shape index (κ2) is 12.2. The molecule has 0 radical (unpaired) electrons. The SMILES string of the molecule is CCNC(=O)N1CCN(C(=O)c2ccc(-c3cc4nccc(Oc5ccc(NC(=O)NC6CC6)cc5F)c4s3)nc2)CC1. The van der Waals surface area contributed by atoms with Crippen molar-refractivity contribution >= 4 is 45.2 Å². The van der Waals surface area contributed by atoms with E-state index in [1.807, 2.05) is 13.0 Å². The number of hydrogen-bond acceptors (Lipinski definition) is 7. The Labute approximate surface area is 251 Å². The van der Waals surface area contributed by atoms with Gasteiger partial charge in [0.05, 0.1) is 26.4 Å². The minimum Gasteiger partial charge on any atom is -0.453 e. The van der Waals surface area contributed by atoms with Crippen LogP contribution < -0.4 is 20.7 Å². The zero-order chi connectivity index (χ0) is 29.9. The van der Waals surface area contributed by atoms with Gasteiger partial charge in [-0.1, -0.05) is 0 Å². The second-order valence-electron chi connectivity index (χ2n) is 10.3. The molecule has 0 atom stereocenters. The van der Waals surface area contributed by atoms with Crippen LogP contribution in [0.15, 0.2) is 54.9 Å². The van der Waals surface area contributed by atoms with Gasteiger partial charge in [0.15, 0.2) is 11.6 Å². The van der Waals surface area contributed by atoms with Crippen LogP contribution in [0.4, 0.5) is 19.7 Å². The normalized spacial score (nSPS) is 14.8. The van der Waals surface area contributed by atoms with Crippen molar-refractivity contribution in [3.63, 3.8) is 0 Å². The molecule has 6 rings (SSSR count). The van der Waals surface area contributed by atoms with Crippen molar-refractivity contribution in [3.8, 4) is 22.1 Å². The maximum atomic E-state index is 14.9. The van der Waals surface area contributed by atoms with E-state index in [0.29, 0.717) is 60.9 Å². The standard InChI is InChI=1S/C30H30FN7O4S/c1-2-32-30(41)38-13-11-37(12-14-38)28(39)18-3-7-22(34-17-18)26-16-23-27(43-26)25(9-10-33-23)42-24-8-6-20(15-21(24)31)36-29(40)35-19-4-5-19/h3,6-10,15-17,19H,2,4-5,11-14H2,1H3,(H,32,41)(H2,35,36,40). The number of rotatable bonds is 7. The number of anilines is 1. The molecule has 43 heavy (non-hydrogen) atoms. The van der Waals surface area contributed by atoms with E-state index in [4.69, 9.17) is 4.74 Å². The molecule has 2 fully saturated rings. The molecule has 3 N–H and O–H groups in total. The van der Waals surface area contributed by atoms with E-state index in [1.54, 1.807) is 46.5 Å². The maximum absolute atomic E-state index is 14.9. The van der Waals surface area contributed by atoms with E-state index in [1.165, 1.54) is 23.5 Å². The van der Waals surface area contributed by atoms with Crippen molar-refractivity contribution in [2.45, 2.75) is 25.8 Å². The highest BCUT2D eigenvalue weighted by Crippen LogP contribution is 2.39. The molecule has 1 aromatic carbocycles. The second-order valence-corrected chi connectivity index (χ2v) is 11.4. The summed E-state index contributed by atoms with van der Waals surface area (Å²) in [6, 6.07) is 11.1.